The van der Waals surface area contributed by atoms with Crippen LogP contribution >= 0.6 is 11.8 Å². The van der Waals surface area contributed by atoms with Gasteiger partial charge in [0, 0.05) is 17.9 Å². The molecule has 0 fully saturated rings. The molecule has 0 saturated carbocycles. The number of imidazole rings is 1. The van der Waals surface area contributed by atoms with Crippen LogP contribution in [0, 0.1) is 6.92 Å². The normalized spacial score (nSPS) is 10.7. The molecule has 8 heteroatoms. The number of carbonyl (C=O) groups excluding carboxylic acids is 1. The lowest BCUT2D eigenvalue weighted by Gasteiger charge is -2.17. The number of nitrogens with one attached hydrogen (secondary N) is 2. The van der Waals surface area contributed by atoms with Crippen molar-refractivity contribution >= 4 is 17.7 Å². The van der Waals surface area contributed by atoms with Crippen molar-refractivity contribution < 1.29 is 19.0 Å². The first-order valence-corrected chi connectivity index (χ1v) is 12.1. The van der Waals surface area contributed by atoms with Gasteiger partial charge in [0.2, 0.25) is 5.75 Å². The topological polar surface area (TPSA) is 85.5 Å². The highest BCUT2D eigenvalue weighted by Gasteiger charge is 2.18. The average molecular weight is 470 g/mol. The standard InChI is InChI=1S/C25H31N3O4S/c1-5-30-21-14-19(15-22(31-6-2)23(21)32-7-3)24(29)26-12-13-33-25-27-16-20(28-25)18-10-8-17(4)9-11-18/h8-11,14-16H,5-7,12-13H2,1-4H3,(H,26,29)(H,27,28). The van der Waals surface area contributed by atoms with Gasteiger partial charge in [-0.25, -0.2) is 4.98 Å². The molecule has 3 rings (SSSR count). The van der Waals surface area contributed by atoms with E-state index in [1.165, 1.54) is 5.56 Å². The Labute approximate surface area is 199 Å². The van der Waals surface area contributed by atoms with Crippen LogP contribution < -0.4 is 19.5 Å². The highest BCUT2D eigenvalue weighted by molar-refractivity contribution is 7.99. The number of H-pyrrole nitrogens is 1. The number of aromatic nitrogens is 2. The zero-order valence-electron chi connectivity index (χ0n) is 19.6. The molecule has 2 aromatic carbocycles. The molecule has 1 heterocycles. The van der Waals surface area contributed by atoms with E-state index < -0.39 is 0 Å². The van der Waals surface area contributed by atoms with Crippen molar-refractivity contribution in [2.45, 2.75) is 32.9 Å². The zero-order valence-corrected chi connectivity index (χ0v) is 20.4. The fraction of sp³-hybridized carbons (Fsp3) is 0.360. The van der Waals surface area contributed by atoms with Gasteiger partial charge in [0.15, 0.2) is 16.7 Å². The van der Waals surface area contributed by atoms with Crippen LogP contribution in [0.1, 0.15) is 36.7 Å². The van der Waals surface area contributed by atoms with Crippen LogP contribution in [0.4, 0.5) is 0 Å². The molecule has 3 aromatic rings. The molecule has 0 saturated heterocycles. The number of carbonyl (C=O) groups is 1. The van der Waals surface area contributed by atoms with Crippen molar-refractivity contribution in [2.75, 3.05) is 32.1 Å². The molecule has 0 bridgehead atoms. The third-order valence-electron chi connectivity index (χ3n) is 4.71. The predicted octanol–water partition coefficient (Wildman–Crippen LogP) is 5.10. The van der Waals surface area contributed by atoms with Crippen molar-refractivity contribution in [3.05, 3.63) is 53.7 Å². The largest absolute Gasteiger partial charge is 0.490 e. The molecule has 0 aliphatic heterocycles. The number of thioether (sulfide) groups is 1. The van der Waals surface area contributed by atoms with Gasteiger partial charge in [-0.15, -0.1) is 0 Å². The summed E-state index contributed by atoms with van der Waals surface area (Å²) in [5.74, 6) is 2.02. The van der Waals surface area contributed by atoms with Crippen molar-refractivity contribution in [2.24, 2.45) is 0 Å². The summed E-state index contributed by atoms with van der Waals surface area (Å²) >= 11 is 1.56. The lowest BCUT2D eigenvalue weighted by molar-refractivity contribution is 0.0955. The molecular weight excluding hydrogens is 438 g/mol. The van der Waals surface area contributed by atoms with Crippen molar-refractivity contribution in [1.29, 1.82) is 0 Å². The summed E-state index contributed by atoms with van der Waals surface area (Å²) in [5, 5.41) is 3.77. The van der Waals surface area contributed by atoms with Crippen LogP contribution in [-0.4, -0.2) is 48.0 Å². The highest BCUT2D eigenvalue weighted by Crippen LogP contribution is 2.39. The lowest BCUT2D eigenvalue weighted by Crippen LogP contribution is -2.26. The van der Waals surface area contributed by atoms with E-state index in [1.54, 1.807) is 23.9 Å². The van der Waals surface area contributed by atoms with Crippen LogP contribution in [0.25, 0.3) is 11.3 Å². The Morgan fingerprint density at radius 1 is 1.00 bits per heavy atom. The Kier molecular flexibility index (Phi) is 9.06. The minimum atomic E-state index is -0.194. The van der Waals surface area contributed by atoms with E-state index in [4.69, 9.17) is 14.2 Å². The van der Waals surface area contributed by atoms with Gasteiger partial charge in [0.05, 0.1) is 31.7 Å². The zero-order chi connectivity index (χ0) is 23.6. The average Bonchev–Trinajstić information content (AvgIpc) is 3.28. The molecule has 7 nitrogen and oxygen atoms in total. The number of aromatic amines is 1. The molecule has 1 aromatic heterocycles. The number of benzene rings is 2. The van der Waals surface area contributed by atoms with E-state index in [0.29, 0.717) is 54.9 Å². The van der Waals surface area contributed by atoms with Crippen molar-refractivity contribution in [3.63, 3.8) is 0 Å². The van der Waals surface area contributed by atoms with E-state index in [9.17, 15) is 4.79 Å². The smallest absolute Gasteiger partial charge is 0.251 e. The number of hydrogen-bond acceptors (Lipinski definition) is 6. The fourth-order valence-corrected chi connectivity index (χ4v) is 3.90. The Balaban J connectivity index is 1.58. The van der Waals surface area contributed by atoms with Crippen LogP contribution in [0.15, 0.2) is 47.8 Å². The minimum absolute atomic E-state index is 0.194. The number of aryl methyl sites for hydroxylation is 1. The third kappa shape index (κ3) is 6.68. The molecule has 2 N–H and O–H groups in total. The number of ether oxygens (including phenoxy) is 3. The van der Waals surface area contributed by atoms with Crippen LogP contribution in [0.5, 0.6) is 17.2 Å². The van der Waals surface area contributed by atoms with E-state index in [2.05, 4.69) is 46.5 Å². The van der Waals surface area contributed by atoms with Gasteiger partial charge >= 0.3 is 0 Å². The third-order valence-corrected chi connectivity index (χ3v) is 5.60. The van der Waals surface area contributed by atoms with Gasteiger partial charge in [-0.2, -0.15) is 0 Å². The van der Waals surface area contributed by atoms with Gasteiger partial charge in [-0.05, 0) is 45.4 Å². The Morgan fingerprint density at radius 2 is 1.64 bits per heavy atom. The molecule has 176 valence electrons. The highest BCUT2D eigenvalue weighted by atomic mass is 32.2. The maximum absolute atomic E-state index is 12.8. The van der Waals surface area contributed by atoms with E-state index in [1.807, 2.05) is 27.0 Å². The first-order chi connectivity index (χ1) is 16.0. The Hall–Kier alpha value is -3.13. The molecule has 0 spiro atoms. The van der Waals surface area contributed by atoms with Crippen molar-refractivity contribution in [1.82, 2.24) is 15.3 Å². The van der Waals surface area contributed by atoms with E-state index >= 15 is 0 Å². The van der Waals surface area contributed by atoms with Gasteiger partial charge < -0.3 is 24.5 Å². The van der Waals surface area contributed by atoms with Crippen LogP contribution in [0.3, 0.4) is 0 Å². The molecule has 33 heavy (non-hydrogen) atoms. The first kappa shape index (κ1) is 24.5. The number of nitrogens with zero attached hydrogens (tertiary/aromatic N) is 1. The number of rotatable bonds is 12. The van der Waals surface area contributed by atoms with E-state index in [-0.39, 0.29) is 5.91 Å². The van der Waals surface area contributed by atoms with Crippen LogP contribution in [-0.2, 0) is 0 Å². The minimum Gasteiger partial charge on any atom is -0.490 e. The summed E-state index contributed by atoms with van der Waals surface area (Å²) in [4.78, 5) is 20.5. The molecule has 0 unspecified atom stereocenters. The SMILES string of the molecule is CCOc1cc(C(=O)NCCSc2ncc(-c3ccc(C)cc3)[nH]2)cc(OCC)c1OCC. The first-order valence-electron chi connectivity index (χ1n) is 11.1. The van der Waals surface area contributed by atoms with Gasteiger partial charge in [0.1, 0.15) is 0 Å². The fourth-order valence-electron chi connectivity index (χ4n) is 3.19. The lowest BCUT2D eigenvalue weighted by atomic mass is 10.1. The maximum Gasteiger partial charge on any atom is 0.251 e. The molecule has 1 amide bonds. The molecule has 0 aliphatic carbocycles. The van der Waals surface area contributed by atoms with E-state index in [0.717, 1.165) is 16.4 Å². The monoisotopic (exact) mass is 469 g/mol. The number of hydrogen-bond donors (Lipinski definition) is 2. The summed E-state index contributed by atoms with van der Waals surface area (Å²) < 4.78 is 17.1. The second-order valence-corrected chi connectivity index (χ2v) is 8.26. The van der Waals surface area contributed by atoms with Gasteiger partial charge in [0.25, 0.3) is 5.91 Å². The summed E-state index contributed by atoms with van der Waals surface area (Å²) in [6.07, 6.45) is 1.83. The van der Waals surface area contributed by atoms with Crippen LogP contribution in [0.2, 0.25) is 0 Å². The van der Waals surface area contributed by atoms with Gasteiger partial charge in [-0.1, -0.05) is 41.6 Å². The summed E-state index contributed by atoms with van der Waals surface area (Å²) in [6.45, 7) is 9.62. The second kappa shape index (κ2) is 12.2. The molecule has 0 aliphatic rings. The maximum atomic E-state index is 12.8. The molecular formula is C25H31N3O4S. The Bertz CT molecular complexity index is 1020. The number of amides is 1. The van der Waals surface area contributed by atoms with Gasteiger partial charge in [-0.3, -0.25) is 4.79 Å². The second-order valence-electron chi connectivity index (χ2n) is 7.17. The summed E-state index contributed by atoms with van der Waals surface area (Å²) in [7, 11) is 0. The summed E-state index contributed by atoms with van der Waals surface area (Å²) in [6, 6.07) is 11.7. The Morgan fingerprint density at radius 3 is 2.24 bits per heavy atom. The quantitative estimate of drug-likeness (QED) is 0.283. The van der Waals surface area contributed by atoms with Crippen molar-refractivity contribution in [3.8, 4) is 28.5 Å². The summed E-state index contributed by atoms with van der Waals surface area (Å²) in [5.41, 5.74) is 3.76. The predicted molar refractivity (Wildman–Crippen MR) is 132 cm³/mol. The molecule has 0 atom stereocenters. The molecule has 0 radical (unpaired) electrons.